The van der Waals surface area contributed by atoms with Crippen LogP contribution in [0, 0.1) is 5.92 Å². The Kier molecular flexibility index (Phi) is 4.17. The third kappa shape index (κ3) is 2.57. The van der Waals surface area contributed by atoms with Gasteiger partial charge >= 0.3 is 0 Å². The van der Waals surface area contributed by atoms with Crippen LogP contribution in [-0.4, -0.2) is 19.4 Å². The molecule has 2 rings (SSSR count). The van der Waals surface area contributed by atoms with Gasteiger partial charge in [0.15, 0.2) is 0 Å². The molecule has 20 heavy (non-hydrogen) atoms. The van der Waals surface area contributed by atoms with Crippen molar-refractivity contribution < 1.29 is 14.0 Å². The largest absolute Gasteiger partial charge is 0.496 e. The van der Waals surface area contributed by atoms with Crippen molar-refractivity contribution in [3.8, 4) is 22.8 Å². The summed E-state index contributed by atoms with van der Waals surface area (Å²) >= 11 is 0. The van der Waals surface area contributed by atoms with Gasteiger partial charge in [0.05, 0.1) is 19.8 Å². The highest BCUT2D eigenvalue weighted by molar-refractivity contribution is 5.78. The van der Waals surface area contributed by atoms with E-state index < -0.39 is 0 Å². The lowest BCUT2D eigenvalue weighted by molar-refractivity contribution is 0.395. The molecule has 1 heterocycles. The number of hydrogen-bond acceptors (Lipinski definition) is 5. The minimum atomic E-state index is 0.349. The smallest absolute Gasteiger partial charge is 0.225 e. The Morgan fingerprint density at radius 3 is 2.30 bits per heavy atom. The lowest BCUT2D eigenvalue weighted by Gasteiger charge is -2.12. The topological polar surface area (TPSA) is 70.5 Å². The van der Waals surface area contributed by atoms with Gasteiger partial charge in [-0.25, -0.2) is 0 Å². The van der Waals surface area contributed by atoms with Crippen molar-refractivity contribution in [1.82, 2.24) is 5.16 Å². The minimum Gasteiger partial charge on any atom is -0.496 e. The van der Waals surface area contributed by atoms with Crippen LogP contribution in [0.1, 0.15) is 19.4 Å². The average molecular weight is 276 g/mol. The van der Waals surface area contributed by atoms with Gasteiger partial charge in [0, 0.05) is 5.56 Å². The minimum absolute atomic E-state index is 0.349. The van der Waals surface area contributed by atoms with Gasteiger partial charge in [-0.15, -0.1) is 0 Å². The number of aromatic nitrogens is 1. The SMILES string of the molecule is COc1cccc(OC)c1-c1noc(N)c1CC(C)C. The van der Waals surface area contributed by atoms with E-state index in [0.717, 1.165) is 17.5 Å². The lowest BCUT2D eigenvalue weighted by atomic mass is 9.98. The van der Waals surface area contributed by atoms with Gasteiger partial charge < -0.3 is 19.7 Å². The first-order chi connectivity index (χ1) is 9.58. The molecule has 1 aromatic heterocycles. The monoisotopic (exact) mass is 276 g/mol. The molecule has 5 nitrogen and oxygen atoms in total. The molecule has 0 saturated heterocycles. The summed E-state index contributed by atoms with van der Waals surface area (Å²) in [6.45, 7) is 4.24. The number of nitrogen functional groups attached to an aromatic ring is 1. The van der Waals surface area contributed by atoms with Crippen molar-refractivity contribution in [2.45, 2.75) is 20.3 Å². The van der Waals surface area contributed by atoms with E-state index in [-0.39, 0.29) is 0 Å². The Morgan fingerprint density at radius 2 is 1.80 bits per heavy atom. The van der Waals surface area contributed by atoms with E-state index in [1.54, 1.807) is 14.2 Å². The molecular weight excluding hydrogens is 256 g/mol. The maximum atomic E-state index is 5.90. The molecular formula is C15H20N2O3. The van der Waals surface area contributed by atoms with Crippen LogP contribution >= 0.6 is 0 Å². The average Bonchev–Trinajstić information content (AvgIpc) is 2.78. The zero-order valence-electron chi connectivity index (χ0n) is 12.3. The molecule has 108 valence electrons. The van der Waals surface area contributed by atoms with Crippen molar-refractivity contribution in [1.29, 1.82) is 0 Å². The third-order valence-corrected chi connectivity index (χ3v) is 3.10. The van der Waals surface area contributed by atoms with E-state index in [2.05, 4.69) is 19.0 Å². The molecule has 0 fully saturated rings. The summed E-state index contributed by atoms with van der Waals surface area (Å²) in [6.07, 6.45) is 0.784. The molecule has 0 amide bonds. The highest BCUT2D eigenvalue weighted by atomic mass is 16.5. The summed E-state index contributed by atoms with van der Waals surface area (Å²) in [4.78, 5) is 0. The molecule has 0 aliphatic heterocycles. The standard InChI is InChI=1S/C15H20N2O3/c1-9(2)8-10-14(17-20-15(10)16)13-11(18-3)6-5-7-12(13)19-4/h5-7,9H,8,16H2,1-4H3. The third-order valence-electron chi connectivity index (χ3n) is 3.10. The first-order valence-corrected chi connectivity index (χ1v) is 6.53. The molecule has 0 radical (unpaired) electrons. The molecule has 0 atom stereocenters. The maximum absolute atomic E-state index is 5.90. The Hall–Kier alpha value is -2.17. The van der Waals surface area contributed by atoms with Gasteiger partial charge in [-0.3, -0.25) is 0 Å². The number of ether oxygens (including phenoxy) is 2. The van der Waals surface area contributed by atoms with E-state index in [1.807, 2.05) is 18.2 Å². The van der Waals surface area contributed by atoms with Crippen molar-refractivity contribution in [3.63, 3.8) is 0 Å². The summed E-state index contributed by atoms with van der Waals surface area (Å²) in [5, 5.41) is 4.10. The second-order valence-electron chi connectivity index (χ2n) is 5.01. The lowest BCUT2D eigenvalue weighted by Crippen LogP contribution is -2.00. The van der Waals surface area contributed by atoms with Gasteiger partial charge in [-0.2, -0.15) is 0 Å². The van der Waals surface area contributed by atoms with Crippen LogP contribution in [0.5, 0.6) is 11.5 Å². The highest BCUT2D eigenvalue weighted by Gasteiger charge is 2.22. The van der Waals surface area contributed by atoms with Crippen LogP contribution in [0.3, 0.4) is 0 Å². The Morgan fingerprint density at radius 1 is 1.20 bits per heavy atom. The number of benzene rings is 1. The second kappa shape index (κ2) is 5.86. The number of anilines is 1. The second-order valence-corrected chi connectivity index (χ2v) is 5.01. The molecule has 0 unspecified atom stereocenters. The van der Waals surface area contributed by atoms with E-state index in [1.165, 1.54) is 0 Å². The number of nitrogens with two attached hydrogens (primary N) is 1. The molecule has 1 aromatic carbocycles. The predicted octanol–water partition coefficient (Wildman–Crippen LogP) is 3.14. The normalized spacial score (nSPS) is 10.8. The fraction of sp³-hybridized carbons (Fsp3) is 0.400. The number of nitrogens with zero attached hydrogens (tertiary/aromatic N) is 1. The summed E-state index contributed by atoms with van der Waals surface area (Å²) in [5.74, 6) is 2.16. The molecule has 0 bridgehead atoms. The van der Waals surface area contributed by atoms with Crippen molar-refractivity contribution in [2.24, 2.45) is 5.92 Å². The van der Waals surface area contributed by atoms with Crippen LogP contribution in [0.15, 0.2) is 22.7 Å². The maximum Gasteiger partial charge on any atom is 0.225 e. The van der Waals surface area contributed by atoms with Crippen LogP contribution in [0.4, 0.5) is 5.88 Å². The van der Waals surface area contributed by atoms with E-state index >= 15 is 0 Å². The molecule has 0 saturated carbocycles. The Balaban J connectivity index is 2.62. The van der Waals surface area contributed by atoms with Crippen LogP contribution in [0.25, 0.3) is 11.3 Å². The quantitative estimate of drug-likeness (QED) is 0.908. The fourth-order valence-corrected chi connectivity index (χ4v) is 2.21. The van der Waals surface area contributed by atoms with Gasteiger partial charge in [0.25, 0.3) is 0 Å². The predicted molar refractivity (Wildman–Crippen MR) is 78.0 cm³/mol. The van der Waals surface area contributed by atoms with Crippen LogP contribution < -0.4 is 15.2 Å². The highest BCUT2D eigenvalue weighted by Crippen LogP contribution is 2.41. The van der Waals surface area contributed by atoms with E-state index in [0.29, 0.717) is 29.0 Å². The summed E-state index contributed by atoms with van der Waals surface area (Å²) in [5.41, 5.74) is 8.25. The number of methoxy groups -OCH3 is 2. The Labute approximate surface area is 118 Å². The van der Waals surface area contributed by atoms with Crippen molar-refractivity contribution in [2.75, 3.05) is 20.0 Å². The molecule has 5 heteroatoms. The fourth-order valence-electron chi connectivity index (χ4n) is 2.21. The van der Waals surface area contributed by atoms with E-state index in [9.17, 15) is 0 Å². The zero-order valence-corrected chi connectivity index (χ0v) is 12.3. The summed E-state index contributed by atoms with van der Waals surface area (Å²) in [7, 11) is 3.23. The summed E-state index contributed by atoms with van der Waals surface area (Å²) in [6, 6.07) is 5.59. The van der Waals surface area contributed by atoms with E-state index in [4.69, 9.17) is 19.7 Å². The zero-order chi connectivity index (χ0) is 14.7. The first kappa shape index (κ1) is 14.2. The van der Waals surface area contributed by atoms with Crippen molar-refractivity contribution in [3.05, 3.63) is 23.8 Å². The molecule has 0 aliphatic rings. The van der Waals surface area contributed by atoms with Gasteiger partial charge in [-0.05, 0) is 24.5 Å². The van der Waals surface area contributed by atoms with Crippen LogP contribution in [-0.2, 0) is 6.42 Å². The number of rotatable bonds is 5. The van der Waals surface area contributed by atoms with Crippen molar-refractivity contribution >= 4 is 5.88 Å². The van der Waals surface area contributed by atoms with Gasteiger partial charge in [0.2, 0.25) is 5.88 Å². The van der Waals surface area contributed by atoms with Crippen LogP contribution in [0.2, 0.25) is 0 Å². The van der Waals surface area contributed by atoms with Gasteiger partial charge in [-0.1, -0.05) is 25.1 Å². The molecule has 0 aliphatic carbocycles. The van der Waals surface area contributed by atoms with Gasteiger partial charge in [0.1, 0.15) is 17.2 Å². The Bertz CT molecular complexity index is 569. The molecule has 2 N–H and O–H groups in total. The summed E-state index contributed by atoms with van der Waals surface area (Å²) < 4.78 is 16.0. The number of hydrogen-bond donors (Lipinski definition) is 1. The first-order valence-electron chi connectivity index (χ1n) is 6.53. The molecule has 0 spiro atoms. The molecule has 2 aromatic rings.